The molecule has 0 fully saturated rings. The molecule has 0 aliphatic heterocycles. The van der Waals surface area contributed by atoms with E-state index in [4.69, 9.17) is 4.74 Å². The molecule has 2 rings (SSSR count). The molecule has 0 spiro atoms. The minimum absolute atomic E-state index is 0.0184. The summed E-state index contributed by atoms with van der Waals surface area (Å²) in [4.78, 5) is 24.8. The Morgan fingerprint density at radius 1 is 0.743 bits per heavy atom. The van der Waals surface area contributed by atoms with Crippen molar-refractivity contribution in [2.45, 2.75) is 100 Å². The molecule has 35 heavy (non-hydrogen) atoms. The third-order valence-corrected chi connectivity index (χ3v) is 6.27. The summed E-state index contributed by atoms with van der Waals surface area (Å²) in [5.41, 5.74) is 5.88. The summed E-state index contributed by atoms with van der Waals surface area (Å²) >= 11 is 0. The van der Waals surface area contributed by atoms with Gasteiger partial charge in [-0.15, -0.1) is 0 Å². The fraction of sp³-hybridized carbons (Fsp3) is 0.533. The van der Waals surface area contributed by atoms with Crippen LogP contribution >= 0.6 is 0 Å². The van der Waals surface area contributed by atoms with E-state index in [9.17, 15) is 19.8 Å². The molecule has 2 unspecified atom stereocenters. The lowest BCUT2D eigenvalue weighted by molar-refractivity contribution is -0.129. The summed E-state index contributed by atoms with van der Waals surface area (Å²) < 4.78 is 5.40. The van der Waals surface area contributed by atoms with Crippen LogP contribution in [0.5, 0.6) is 5.75 Å². The minimum atomic E-state index is -0.838. The van der Waals surface area contributed by atoms with Gasteiger partial charge in [-0.05, 0) is 76.6 Å². The SMILES string of the molecule is CCCC(O)C(C)C(O)CCC.Cc1cc(C)c(OC(=O)C(=O)c2c(C)cc(C)cc2C)c(C)c1. The van der Waals surface area contributed by atoms with Crippen LogP contribution in [0.2, 0.25) is 0 Å². The zero-order valence-corrected chi connectivity index (χ0v) is 23.0. The Bertz CT molecular complexity index is 950. The maximum absolute atomic E-state index is 12.5. The summed E-state index contributed by atoms with van der Waals surface area (Å²) in [5, 5.41) is 19.1. The van der Waals surface area contributed by atoms with Crippen LogP contribution in [0.25, 0.3) is 0 Å². The molecule has 0 bridgehead atoms. The van der Waals surface area contributed by atoms with E-state index in [1.165, 1.54) is 0 Å². The van der Waals surface area contributed by atoms with Gasteiger partial charge in [0.15, 0.2) is 0 Å². The highest BCUT2D eigenvalue weighted by Gasteiger charge is 2.24. The molecule has 0 aliphatic carbocycles. The molecular formula is C30H44O5. The van der Waals surface area contributed by atoms with Crippen molar-refractivity contribution in [1.82, 2.24) is 0 Å². The first-order valence-corrected chi connectivity index (χ1v) is 12.6. The highest BCUT2D eigenvalue weighted by Crippen LogP contribution is 2.26. The predicted octanol–water partition coefficient (Wildman–Crippen LogP) is 6.27. The quantitative estimate of drug-likeness (QED) is 0.190. The normalized spacial score (nSPS) is 13.3. The zero-order valence-electron chi connectivity index (χ0n) is 23.0. The number of hydrogen-bond acceptors (Lipinski definition) is 5. The summed E-state index contributed by atoms with van der Waals surface area (Å²) in [6, 6.07) is 7.66. The second-order valence-electron chi connectivity index (χ2n) is 9.79. The van der Waals surface area contributed by atoms with Crippen molar-refractivity contribution in [3.8, 4) is 5.75 Å². The van der Waals surface area contributed by atoms with Gasteiger partial charge in [0, 0.05) is 11.5 Å². The van der Waals surface area contributed by atoms with Crippen molar-refractivity contribution in [3.63, 3.8) is 0 Å². The predicted molar refractivity (Wildman–Crippen MR) is 142 cm³/mol. The number of aryl methyl sites for hydroxylation is 6. The Labute approximate surface area is 211 Å². The fourth-order valence-corrected chi connectivity index (χ4v) is 4.48. The molecule has 0 amide bonds. The van der Waals surface area contributed by atoms with Crippen molar-refractivity contribution in [1.29, 1.82) is 0 Å². The average molecular weight is 485 g/mol. The first-order chi connectivity index (χ1) is 16.3. The van der Waals surface area contributed by atoms with Crippen LogP contribution in [-0.4, -0.2) is 34.2 Å². The maximum atomic E-state index is 12.5. The van der Waals surface area contributed by atoms with E-state index >= 15 is 0 Å². The first kappa shape index (κ1) is 30.5. The Balaban J connectivity index is 0.000000434. The van der Waals surface area contributed by atoms with Gasteiger partial charge in [-0.25, -0.2) is 4.79 Å². The average Bonchev–Trinajstić information content (AvgIpc) is 2.75. The van der Waals surface area contributed by atoms with Crippen molar-refractivity contribution in [2.24, 2.45) is 5.92 Å². The number of rotatable bonds is 9. The molecule has 194 valence electrons. The lowest BCUT2D eigenvalue weighted by atomic mass is 9.92. The highest BCUT2D eigenvalue weighted by molar-refractivity contribution is 6.41. The van der Waals surface area contributed by atoms with Gasteiger partial charge in [-0.2, -0.15) is 0 Å². The van der Waals surface area contributed by atoms with Gasteiger partial charge in [-0.1, -0.05) is 69.0 Å². The Hall–Kier alpha value is -2.50. The monoisotopic (exact) mass is 484 g/mol. The van der Waals surface area contributed by atoms with Gasteiger partial charge < -0.3 is 14.9 Å². The molecule has 2 N–H and O–H groups in total. The van der Waals surface area contributed by atoms with Crippen LogP contribution in [0.15, 0.2) is 24.3 Å². The largest absolute Gasteiger partial charge is 0.420 e. The molecule has 0 saturated heterocycles. The van der Waals surface area contributed by atoms with E-state index in [-0.39, 0.29) is 18.1 Å². The molecular weight excluding hydrogens is 440 g/mol. The molecule has 2 atom stereocenters. The molecule has 0 heterocycles. The van der Waals surface area contributed by atoms with Gasteiger partial charge in [0.05, 0.1) is 12.2 Å². The number of hydrogen-bond donors (Lipinski definition) is 2. The molecule has 0 aliphatic rings. The number of carbonyl (C=O) groups is 2. The van der Waals surface area contributed by atoms with Gasteiger partial charge in [0.2, 0.25) is 0 Å². The first-order valence-electron chi connectivity index (χ1n) is 12.6. The number of carbonyl (C=O) groups excluding carboxylic acids is 2. The molecule has 0 saturated carbocycles. The van der Waals surface area contributed by atoms with E-state index in [0.29, 0.717) is 11.3 Å². The summed E-state index contributed by atoms with van der Waals surface area (Å²) in [6.45, 7) is 17.4. The topological polar surface area (TPSA) is 83.8 Å². The van der Waals surface area contributed by atoms with Crippen molar-refractivity contribution < 1.29 is 24.5 Å². The Morgan fingerprint density at radius 3 is 1.49 bits per heavy atom. The fourth-order valence-electron chi connectivity index (χ4n) is 4.48. The Kier molecular flexibility index (Phi) is 12.3. The summed E-state index contributed by atoms with van der Waals surface area (Å²) in [6.07, 6.45) is 2.87. The molecule has 5 heteroatoms. The van der Waals surface area contributed by atoms with E-state index in [2.05, 4.69) is 0 Å². The van der Waals surface area contributed by atoms with Crippen molar-refractivity contribution in [3.05, 3.63) is 63.2 Å². The maximum Gasteiger partial charge on any atom is 0.385 e. The molecule has 0 radical (unpaired) electrons. The number of aliphatic hydroxyl groups is 2. The van der Waals surface area contributed by atoms with E-state index in [0.717, 1.165) is 59.1 Å². The minimum Gasteiger partial charge on any atom is -0.420 e. The Morgan fingerprint density at radius 2 is 1.11 bits per heavy atom. The van der Waals surface area contributed by atoms with Gasteiger partial charge in [-0.3, -0.25) is 4.79 Å². The van der Waals surface area contributed by atoms with E-state index in [1.807, 2.05) is 86.6 Å². The van der Waals surface area contributed by atoms with E-state index in [1.54, 1.807) is 0 Å². The standard InChI is InChI=1S/C20H22O3.C10H22O2/c1-11-7-13(3)17(14(4)8-11)18(21)20(22)23-19-15(5)9-12(2)10-16(19)6;1-4-6-9(11)8(3)10(12)7-5-2/h7-10H,1-6H3;8-12H,4-7H2,1-3H3. The highest BCUT2D eigenvalue weighted by atomic mass is 16.5. The lowest BCUT2D eigenvalue weighted by Gasteiger charge is -2.23. The number of Topliss-reactive ketones (excluding diaryl/α,β-unsaturated/α-hetero) is 1. The van der Waals surface area contributed by atoms with Gasteiger partial charge in [0.25, 0.3) is 5.78 Å². The second kappa shape index (κ2) is 14.2. The lowest BCUT2D eigenvalue weighted by Crippen LogP contribution is -2.29. The van der Waals surface area contributed by atoms with Crippen LogP contribution in [0.1, 0.15) is 90.2 Å². The number of ketones is 1. The van der Waals surface area contributed by atoms with Crippen molar-refractivity contribution in [2.75, 3.05) is 0 Å². The van der Waals surface area contributed by atoms with E-state index < -0.39 is 11.8 Å². The number of ether oxygens (including phenoxy) is 1. The van der Waals surface area contributed by atoms with Crippen LogP contribution in [-0.2, 0) is 4.79 Å². The number of benzene rings is 2. The van der Waals surface area contributed by atoms with Gasteiger partial charge in [0.1, 0.15) is 5.75 Å². The van der Waals surface area contributed by atoms with Gasteiger partial charge >= 0.3 is 5.97 Å². The number of esters is 1. The summed E-state index contributed by atoms with van der Waals surface area (Å²) in [5.74, 6) is -0.948. The van der Waals surface area contributed by atoms with Crippen LogP contribution in [0.3, 0.4) is 0 Å². The van der Waals surface area contributed by atoms with Crippen LogP contribution in [0.4, 0.5) is 0 Å². The summed E-state index contributed by atoms with van der Waals surface area (Å²) in [7, 11) is 0. The third kappa shape index (κ3) is 8.90. The van der Waals surface area contributed by atoms with Crippen LogP contribution < -0.4 is 4.74 Å². The molecule has 2 aromatic carbocycles. The zero-order chi connectivity index (χ0) is 26.9. The molecule has 5 nitrogen and oxygen atoms in total. The molecule has 2 aromatic rings. The van der Waals surface area contributed by atoms with Crippen molar-refractivity contribution >= 4 is 11.8 Å². The molecule has 0 aromatic heterocycles. The van der Waals surface area contributed by atoms with Crippen LogP contribution in [0, 0.1) is 47.5 Å². The third-order valence-electron chi connectivity index (χ3n) is 6.27. The smallest absolute Gasteiger partial charge is 0.385 e. The second-order valence-corrected chi connectivity index (χ2v) is 9.79. The number of aliphatic hydroxyl groups excluding tert-OH is 2.